The monoisotopic (exact) mass is 395 g/mol. The minimum Gasteiger partial charge on any atom is -0.454 e. The van der Waals surface area contributed by atoms with Crippen LogP contribution in [0.5, 0.6) is 11.5 Å². The normalized spacial score (nSPS) is 12.8. The van der Waals surface area contributed by atoms with E-state index < -0.39 is 5.54 Å². The lowest BCUT2D eigenvalue weighted by molar-refractivity contribution is 0.0912. The average molecular weight is 395 g/mol. The van der Waals surface area contributed by atoms with Gasteiger partial charge in [-0.3, -0.25) is 9.36 Å². The molecule has 0 bridgehead atoms. The highest BCUT2D eigenvalue weighted by Crippen LogP contribution is 2.35. The first kappa shape index (κ1) is 18.4. The lowest BCUT2D eigenvalue weighted by Crippen LogP contribution is -2.41. The lowest BCUT2D eigenvalue weighted by Gasteiger charge is -2.27. The summed E-state index contributed by atoms with van der Waals surface area (Å²) in [5.74, 6) is 1.28. The van der Waals surface area contributed by atoms with Crippen LogP contribution in [0.3, 0.4) is 0 Å². The number of imidazole rings is 1. The Morgan fingerprint density at radius 3 is 2.82 bits per heavy atom. The van der Waals surface area contributed by atoms with Gasteiger partial charge in [0.1, 0.15) is 0 Å². The minimum atomic E-state index is -0.576. The van der Waals surface area contributed by atoms with Gasteiger partial charge in [-0.2, -0.15) is 0 Å². The number of hydrogen-bond acceptors (Lipinski definition) is 5. The average Bonchev–Trinajstić information content (AvgIpc) is 3.36. The fourth-order valence-corrected chi connectivity index (χ4v) is 3.68. The van der Waals surface area contributed by atoms with Gasteiger partial charge in [-0.15, -0.1) is 0 Å². The molecule has 0 aliphatic carbocycles. The molecule has 28 heavy (non-hydrogen) atoms. The predicted octanol–water partition coefficient (Wildman–Crippen LogP) is 3.99. The number of amides is 1. The van der Waals surface area contributed by atoms with E-state index in [4.69, 9.17) is 9.47 Å². The first-order valence-corrected chi connectivity index (χ1v) is 10.1. The van der Waals surface area contributed by atoms with E-state index in [0.29, 0.717) is 11.3 Å². The second-order valence-electron chi connectivity index (χ2n) is 6.98. The largest absolute Gasteiger partial charge is 0.454 e. The van der Waals surface area contributed by atoms with E-state index in [1.165, 1.54) is 0 Å². The van der Waals surface area contributed by atoms with Crippen molar-refractivity contribution in [3.63, 3.8) is 0 Å². The molecule has 0 atom stereocenters. The number of ether oxygens (including phenoxy) is 2. The fraction of sp³-hybridized carbons (Fsp3) is 0.238. The molecule has 2 heterocycles. The van der Waals surface area contributed by atoms with Gasteiger partial charge in [0.2, 0.25) is 6.79 Å². The lowest BCUT2D eigenvalue weighted by atomic mass is 9.93. The van der Waals surface area contributed by atoms with Crippen LogP contribution in [0.15, 0.2) is 60.0 Å². The summed E-state index contributed by atoms with van der Waals surface area (Å²) in [5, 5.41) is 3.99. The van der Waals surface area contributed by atoms with Gasteiger partial charge in [0.25, 0.3) is 5.91 Å². The number of nitrogens with zero attached hydrogens (tertiary/aromatic N) is 2. The summed E-state index contributed by atoms with van der Waals surface area (Å²) in [6.07, 6.45) is 5.62. The zero-order chi connectivity index (χ0) is 19.7. The zero-order valence-corrected chi connectivity index (χ0v) is 16.7. The minimum absolute atomic E-state index is 0.143. The molecule has 1 aromatic heterocycles. The van der Waals surface area contributed by atoms with Crippen LogP contribution < -0.4 is 14.8 Å². The van der Waals surface area contributed by atoms with Crippen molar-refractivity contribution < 1.29 is 14.3 Å². The van der Waals surface area contributed by atoms with Gasteiger partial charge in [-0.25, -0.2) is 4.98 Å². The molecule has 1 aliphatic heterocycles. The Bertz CT molecular complexity index is 1030. The first-order chi connectivity index (χ1) is 13.5. The Labute approximate surface area is 167 Å². The summed E-state index contributed by atoms with van der Waals surface area (Å²) in [4.78, 5) is 17.3. The third-order valence-electron chi connectivity index (χ3n) is 4.70. The van der Waals surface area contributed by atoms with Crippen LogP contribution in [0.1, 0.15) is 29.8 Å². The second kappa shape index (κ2) is 7.24. The first-order valence-electron chi connectivity index (χ1n) is 8.88. The van der Waals surface area contributed by atoms with Crippen molar-refractivity contribution in [3.05, 3.63) is 66.0 Å². The van der Waals surface area contributed by atoms with Crippen molar-refractivity contribution in [2.45, 2.75) is 24.5 Å². The third-order valence-corrected chi connectivity index (χ3v) is 5.36. The van der Waals surface area contributed by atoms with Crippen molar-refractivity contribution in [2.75, 3.05) is 13.0 Å². The summed E-state index contributed by atoms with van der Waals surface area (Å²) in [6.45, 7) is 4.16. The Balaban J connectivity index is 1.57. The molecule has 0 unspecified atom stereocenters. The van der Waals surface area contributed by atoms with E-state index in [9.17, 15) is 4.79 Å². The number of fused-ring (bicyclic) bond motifs is 1. The number of hydrogen-bond donors (Lipinski definition) is 1. The molecule has 3 aromatic rings. The maximum absolute atomic E-state index is 12.9. The molecule has 0 radical (unpaired) electrons. The maximum atomic E-state index is 12.9. The van der Waals surface area contributed by atoms with Crippen LogP contribution in [0.4, 0.5) is 0 Å². The number of benzene rings is 2. The maximum Gasteiger partial charge on any atom is 0.252 e. The number of nitrogens with one attached hydrogen (secondary N) is 1. The fourth-order valence-electron chi connectivity index (χ4n) is 3.15. The molecule has 6 nitrogen and oxygen atoms in total. The smallest absolute Gasteiger partial charge is 0.252 e. The number of aromatic nitrogens is 2. The van der Waals surface area contributed by atoms with Crippen LogP contribution in [0.25, 0.3) is 5.69 Å². The molecular formula is C21H21N3O3S. The molecule has 144 valence electrons. The second-order valence-corrected chi connectivity index (χ2v) is 7.75. The topological polar surface area (TPSA) is 65.4 Å². The van der Waals surface area contributed by atoms with E-state index in [-0.39, 0.29) is 12.7 Å². The molecule has 0 saturated heterocycles. The molecule has 0 saturated carbocycles. The van der Waals surface area contributed by atoms with Gasteiger partial charge in [-0.1, -0.05) is 23.9 Å². The summed E-state index contributed by atoms with van der Waals surface area (Å²) < 4.78 is 12.8. The molecule has 0 spiro atoms. The van der Waals surface area contributed by atoms with Gasteiger partial charge < -0.3 is 14.8 Å². The molecule has 7 heteroatoms. The quantitative estimate of drug-likeness (QED) is 0.662. The summed E-state index contributed by atoms with van der Waals surface area (Å²) in [5.41, 5.74) is 1.86. The highest BCUT2D eigenvalue weighted by atomic mass is 32.2. The van der Waals surface area contributed by atoms with Crippen molar-refractivity contribution in [1.82, 2.24) is 14.9 Å². The zero-order valence-electron chi connectivity index (χ0n) is 15.9. The SMILES string of the molecule is CSc1nccn1-c1cccc(C(=O)NC(C)(C)c2ccc3c(c2)OCO3)c1. The Kier molecular flexibility index (Phi) is 4.77. The van der Waals surface area contributed by atoms with E-state index >= 15 is 0 Å². The molecule has 0 fully saturated rings. The van der Waals surface area contributed by atoms with Crippen LogP contribution in [-0.2, 0) is 5.54 Å². The van der Waals surface area contributed by atoms with Gasteiger partial charge in [0.15, 0.2) is 16.7 Å². The Morgan fingerprint density at radius 1 is 1.18 bits per heavy atom. The number of carbonyl (C=O) groups is 1. The Hall–Kier alpha value is -2.93. The number of rotatable bonds is 5. The van der Waals surface area contributed by atoms with Crippen LogP contribution in [-0.4, -0.2) is 28.5 Å². The van der Waals surface area contributed by atoms with Gasteiger partial charge in [-0.05, 0) is 56.0 Å². The summed E-state index contributed by atoms with van der Waals surface area (Å²) in [6, 6.07) is 13.2. The van der Waals surface area contributed by atoms with Crippen LogP contribution in [0.2, 0.25) is 0 Å². The summed E-state index contributed by atoms with van der Waals surface area (Å²) >= 11 is 1.56. The van der Waals surface area contributed by atoms with E-state index in [0.717, 1.165) is 22.2 Å². The van der Waals surface area contributed by atoms with Crippen molar-refractivity contribution >= 4 is 17.7 Å². The van der Waals surface area contributed by atoms with E-state index in [1.54, 1.807) is 18.0 Å². The van der Waals surface area contributed by atoms with Gasteiger partial charge in [0.05, 0.1) is 5.54 Å². The highest BCUT2D eigenvalue weighted by molar-refractivity contribution is 7.98. The van der Waals surface area contributed by atoms with E-state index in [2.05, 4.69) is 10.3 Å². The van der Waals surface area contributed by atoms with Crippen molar-refractivity contribution in [3.8, 4) is 17.2 Å². The van der Waals surface area contributed by atoms with Crippen LogP contribution in [0, 0.1) is 0 Å². The van der Waals surface area contributed by atoms with Crippen molar-refractivity contribution in [2.24, 2.45) is 0 Å². The number of carbonyl (C=O) groups excluding carboxylic acids is 1. The standard InChI is InChI=1S/C21H21N3O3S/c1-21(2,15-7-8-17-18(12-15)27-13-26-17)23-19(25)14-5-4-6-16(11-14)24-10-9-22-20(24)28-3/h4-12H,13H2,1-3H3,(H,23,25). The summed E-state index contributed by atoms with van der Waals surface area (Å²) in [7, 11) is 0. The molecule has 4 rings (SSSR count). The molecule has 1 aliphatic rings. The number of thioether (sulfide) groups is 1. The van der Waals surface area contributed by atoms with E-state index in [1.807, 2.05) is 73.3 Å². The Morgan fingerprint density at radius 2 is 2.00 bits per heavy atom. The van der Waals surface area contributed by atoms with Crippen LogP contribution >= 0.6 is 11.8 Å². The molecule has 1 N–H and O–H groups in total. The highest BCUT2D eigenvalue weighted by Gasteiger charge is 2.26. The van der Waals surface area contributed by atoms with Gasteiger partial charge >= 0.3 is 0 Å². The third kappa shape index (κ3) is 3.45. The van der Waals surface area contributed by atoms with Gasteiger partial charge in [0, 0.05) is 23.6 Å². The van der Waals surface area contributed by atoms with Crippen molar-refractivity contribution in [1.29, 1.82) is 0 Å². The molecular weight excluding hydrogens is 374 g/mol. The molecule has 1 amide bonds. The molecule has 2 aromatic carbocycles. The predicted molar refractivity (Wildman–Crippen MR) is 108 cm³/mol.